The Labute approximate surface area is 84.1 Å². The van der Waals surface area contributed by atoms with Gasteiger partial charge in [-0.1, -0.05) is 0 Å². The summed E-state index contributed by atoms with van der Waals surface area (Å²) in [6.45, 7) is 7.54. The van der Waals surface area contributed by atoms with Crippen LogP contribution in [0.5, 0.6) is 0 Å². The Kier molecular flexibility index (Phi) is 2.56. The van der Waals surface area contributed by atoms with Crippen molar-refractivity contribution >= 4 is 0 Å². The van der Waals surface area contributed by atoms with Crippen LogP contribution < -0.4 is 0 Å². The summed E-state index contributed by atoms with van der Waals surface area (Å²) in [4.78, 5) is 2.23. The van der Waals surface area contributed by atoms with Crippen LogP contribution in [0, 0.1) is 6.92 Å². The van der Waals surface area contributed by atoms with Crippen molar-refractivity contribution in [3.63, 3.8) is 0 Å². The predicted octanol–water partition coefficient (Wildman–Crippen LogP) is 0.388. The molecule has 78 valence electrons. The number of aryl methyl sites for hydroxylation is 2. The maximum atomic E-state index is 9.16. The summed E-state index contributed by atoms with van der Waals surface area (Å²) in [5, 5.41) is 13.6. The first kappa shape index (κ1) is 9.68. The van der Waals surface area contributed by atoms with Gasteiger partial charge in [0.2, 0.25) is 0 Å². The largest absolute Gasteiger partial charge is 0.390 e. The molecule has 0 bridgehead atoms. The molecule has 0 spiro atoms. The first-order chi connectivity index (χ1) is 6.69. The first-order valence-corrected chi connectivity index (χ1v) is 5.12. The fourth-order valence-corrected chi connectivity index (χ4v) is 1.90. The minimum atomic E-state index is -0.117. The van der Waals surface area contributed by atoms with Crippen LogP contribution in [0.25, 0.3) is 0 Å². The van der Waals surface area contributed by atoms with Crippen molar-refractivity contribution in [1.29, 1.82) is 0 Å². The quantitative estimate of drug-likeness (QED) is 0.758. The number of hydrogen-bond donors (Lipinski definition) is 1. The number of nitrogens with zero attached hydrogens (tertiary/aromatic N) is 3. The van der Waals surface area contributed by atoms with Gasteiger partial charge in [0.1, 0.15) is 0 Å². The molecule has 2 heterocycles. The van der Waals surface area contributed by atoms with E-state index in [-0.39, 0.29) is 6.10 Å². The fourth-order valence-electron chi connectivity index (χ4n) is 1.90. The maximum absolute atomic E-state index is 9.16. The topological polar surface area (TPSA) is 41.3 Å². The Balaban J connectivity index is 2.01. The summed E-state index contributed by atoms with van der Waals surface area (Å²) in [6.07, 6.45) is -0.117. The van der Waals surface area contributed by atoms with Gasteiger partial charge in [0.05, 0.1) is 17.5 Å². The van der Waals surface area contributed by atoms with Crippen LogP contribution in [0.1, 0.15) is 18.3 Å². The molecule has 1 saturated heterocycles. The number of aliphatic hydroxyl groups is 1. The molecule has 1 aliphatic rings. The van der Waals surface area contributed by atoms with E-state index < -0.39 is 0 Å². The first-order valence-electron chi connectivity index (χ1n) is 5.12. The highest BCUT2D eigenvalue weighted by molar-refractivity contribution is 5.09. The van der Waals surface area contributed by atoms with Gasteiger partial charge >= 0.3 is 0 Å². The normalized spacial score (nSPS) is 18.5. The van der Waals surface area contributed by atoms with Gasteiger partial charge in [-0.2, -0.15) is 5.10 Å². The van der Waals surface area contributed by atoms with Gasteiger partial charge in [0.25, 0.3) is 0 Å². The zero-order valence-corrected chi connectivity index (χ0v) is 8.77. The fraction of sp³-hybridized carbons (Fsp3) is 0.700. The van der Waals surface area contributed by atoms with Crippen molar-refractivity contribution < 1.29 is 5.11 Å². The third-order valence-electron chi connectivity index (χ3n) is 2.61. The second kappa shape index (κ2) is 3.71. The molecule has 0 aliphatic carbocycles. The number of hydrogen-bond acceptors (Lipinski definition) is 3. The van der Waals surface area contributed by atoms with Crippen LogP contribution in [0.15, 0.2) is 6.07 Å². The van der Waals surface area contributed by atoms with Crippen molar-refractivity contribution in [2.24, 2.45) is 0 Å². The molecule has 0 amide bonds. The Morgan fingerprint density at radius 2 is 2.29 bits per heavy atom. The lowest BCUT2D eigenvalue weighted by Crippen LogP contribution is -2.50. The van der Waals surface area contributed by atoms with E-state index in [4.69, 9.17) is 5.11 Å². The van der Waals surface area contributed by atoms with E-state index in [0.717, 1.165) is 31.9 Å². The molecule has 1 aliphatic heterocycles. The van der Waals surface area contributed by atoms with Crippen LogP contribution >= 0.6 is 0 Å². The Hall–Kier alpha value is -0.870. The molecule has 1 fully saturated rings. The van der Waals surface area contributed by atoms with Crippen LogP contribution in [-0.2, 0) is 13.1 Å². The second-order valence-corrected chi connectivity index (χ2v) is 3.94. The highest BCUT2D eigenvalue weighted by Crippen LogP contribution is 2.13. The van der Waals surface area contributed by atoms with Gasteiger partial charge < -0.3 is 5.11 Å². The predicted molar refractivity (Wildman–Crippen MR) is 53.9 cm³/mol. The molecule has 2 rings (SSSR count). The smallest absolute Gasteiger partial charge is 0.0794 e. The lowest BCUT2D eigenvalue weighted by atomic mass is 10.1. The van der Waals surface area contributed by atoms with E-state index in [9.17, 15) is 0 Å². The van der Waals surface area contributed by atoms with Crippen molar-refractivity contribution in [3.8, 4) is 0 Å². The van der Waals surface area contributed by atoms with E-state index in [1.807, 2.05) is 11.6 Å². The number of aliphatic hydroxyl groups excluding tert-OH is 1. The SMILES string of the molecule is CCn1nc(C)cc1CN1CC(O)C1. The Bertz CT molecular complexity index is 315. The number of β-amino-alcohol motifs (C(OH)–C–C–N with tert-alkyl or cyclic N) is 1. The van der Waals surface area contributed by atoms with Crippen molar-refractivity contribution in [1.82, 2.24) is 14.7 Å². The number of aromatic nitrogens is 2. The Morgan fingerprint density at radius 3 is 2.86 bits per heavy atom. The summed E-state index contributed by atoms with van der Waals surface area (Å²) in [7, 11) is 0. The van der Waals surface area contributed by atoms with Gasteiger partial charge in [-0.3, -0.25) is 9.58 Å². The molecule has 14 heavy (non-hydrogen) atoms. The van der Waals surface area contributed by atoms with Crippen molar-refractivity contribution in [2.45, 2.75) is 33.0 Å². The third-order valence-corrected chi connectivity index (χ3v) is 2.61. The number of likely N-dealkylation sites (tertiary alicyclic amines) is 1. The molecule has 4 nitrogen and oxygen atoms in total. The molecule has 0 radical (unpaired) electrons. The van der Waals surface area contributed by atoms with Gasteiger partial charge in [0.15, 0.2) is 0 Å². The summed E-state index contributed by atoms with van der Waals surface area (Å²) in [5.41, 5.74) is 2.32. The van der Waals surface area contributed by atoms with Crippen molar-refractivity contribution in [3.05, 3.63) is 17.5 Å². The van der Waals surface area contributed by atoms with E-state index in [2.05, 4.69) is 23.0 Å². The van der Waals surface area contributed by atoms with Crippen molar-refractivity contribution in [2.75, 3.05) is 13.1 Å². The molecule has 0 atom stereocenters. The van der Waals surface area contributed by atoms with Crippen LogP contribution in [0.2, 0.25) is 0 Å². The standard InChI is InChI=1S/C10H17N3O/c1-3-13-9(4-8(2)11-13)5-12-6-10(14)7-12/h4,10,14H,3,5-7H2,1-2H3. The zero-order valence-electron chi connectivity index (χ0n) is 8.77. The molecule has 0 saturated carbocycles. The van der Waals surface area contributed by atoms with Gasteiger partial charge in [-0.25, -0.2) is 0 Å². The molecule has 1 aromatic heterocycles. The highest BCUT2D eigenvalue weighted by Gasteiger charge is 2.24. The second-order valence-electron chi connectivity index (χ2n) is 3.94. The lowest BCUT2D eigenvalue weighted by molar-refractivity contribution is -0.00425. The highest BCUT2D eigenvalue weighted by atomic mass is 16.3. The molecular weight excluding hydrogens is 178 g/mol. The minimum Gasteiger partial charge on any atom is -0.390 e. The maximum Gasteiger partial charge on any atom is 0.0794 e. The monoisotopic (exact) mass is 195 g/mol. The molecule has 1 aromatic rings. The summed E-state index contributed by atoms with van der Waals surface area (Å²) in [6, 6.07) is 2.12. The van der Waals surface area contributed by atoms with E-state index >= 15 is 0 Å². The molecule has 0 aromatic carbocycles. The summed E-state index contributed by atoms with van der Waals surface area (Å²) in [5.74, 6) is 0. The molecule has 0 unspecified atom stereocenters. The average Bonchev–Trinajstić information content (AvgIpc) is 2.43. The van der Waals surface area contributed by atoms with E-state index in [1.165, 1.54) is 5.69 Å². The van der Waals surface area contributed by atoms with Gasteiger partial charge in [-0.15, -0.1) is 0 Å². The summed E-state index contributed by atoms with van der Waals surface area (Å²) < 4.78 is 2.03. The minimum absolute atomic E-state index is 0.117. The molecule has 4 heteroatoms. The lowest BCUT2D eigenvalue weighted by Gasteiger charge is -2.35. The molecular formula is C10H17N3O. The average molecular weight is 195 g/mol. The van der Waals surface area contributed by atoms with Crippen LogP contribution in [0.4, 0.5) is 0 Å². The third kappa shape index (κ3) is 1.81. The summed E-state index contributed by atoms with van der Waals surface area (Å²) >= 11 is 0. The zero-order chi connectivity index (χ0) is 10.1. The number of rotatable bonds is 3. The van der Waals surface area contributed by atoms with Crippen LogP contribution in [-0.4, -0.2) is 39.0 Å². The van der Waals surface area contributed by atoms with E-state index in [0.29, 0.717) is 0 Å². The molecule has 1 N–H and O–H groups in total. The van der Waals surface area contributed by atoms with Gasteiger partial charge in [0, 0.05) is 26.2 Å². The van der Waals surface area contributed by atoms with E-state index in [1.54, 1.807) is 0 Å². The Morgan fingerprint density at radius 1 is 1.57 bits per heavy atom. The van der Waals surface area contributed by atoms with Crippen LogP contribution in [0.3, 0.4) is 0 Å². The van der Waals surface area contributed by atoms with Gasteiger partial charge in [-0.05, 0) is 19.9 Å².